The highest BCUT2D eigenvalue weighted by Gasteiger charge is 2.33. The second-order valence-electron chi connectivity index (χ2n) is 8.31. The number of nitrogens with one attached hydrogen (secondary N) is 1. The van der Waals surface area contributed by atoms with Gasteiger partial charge >= 0.3 is 0 Å². The average Bonchev–Trinajstić information content (AvgIpc) is 3.47. The monoisotopic (exact) mass is 438 g/mol. The first kappa shape index (κ1) is 20.9. The normalized spacial score (nSPS) is 17.1. The number of amides is 1. The van der Waals surface area contributed by atoms with Gasteiger partial charge in [0.2, 0.25) is 0 Å². The molecule has 2 heterocycles. The summed E-state index contributed by atoms with van der Waals surface area (Å²) < 4.78 is 0. The summed E-state index contributed by atoms with van der Waals surface area (Å²) in [5.41, 5.74) is 5.80. The number of hydrogen-bond acceptors (Lipinski definition) is 4. The zero-order valence-corrected chi connectivity index (χ0v) is 18.6. The summed E-state index contributed by atoms with van der Waals surface area (Å²) in [6, 6.07) is 26.1. The standard InChI is InChI=1S/C27H26N4O2/c1-33-30-22-17-23(15-16-26-28-24-9-5-6-10-25(24)29-26)31(18-22)27(32)21-13-11-20(12-14-21)19-7-3-2-4-8-19/h2-14,23H,15-18H2,1H3,(H,28,29)/b30-22+. The quantitative estimate of drug-likeness (QED) is 0.427. The minimum atomic E-state index is 0.0190. The molecule has 1 atom stereocenters. The number of para-hydroxylation sites is 2. The van der Waals surface area contributed by atoms with Crippen molar-refractivity contribution in [3.8, 4) is 11.1 Å². The molecule has 1 amide bonds. The second kappa shape index (κ2) is 9.28. The number of nitrogens with zero attached hydrogens (tertiary/aromatic N) is 3. The first-order valence-corrected chi connectivity index (χ1v) is 11.2. The molecule has 6 nitrogen and oxygen atoms in total. The minimum Gasteiger partial charge on any atom is -0.399 e. The van der Waals surface area contributed by atoms with Crippen LogP contribution in [0.25, 0.3) is 22.2 Å². The van der Waals surface area contributed by atoms with Gasteiger partial charge in [0.15, 0.2) is 0 Å². The van der Waals surface area contributed by atoms with E-state index in [-0.39, 0.29) is 11.9 Å². The molecule has 3 aromatic carbocycles. The topological polar surface area (TPSA) is 70.6 Å². The van der Waals surface area contributed by atoms with Crippen LogP contribution >= 0.6 is 0 Å². The molecule has 1 aromatic heterocycles. The number of likely N-dealkylation sites (tertiary alicyclic amines) is 1. The molecule has 5 rings (SSSR count). The number of H-pyrrole nitrogens is 1. The van der Waals surface area contributed by atoms with Crippen LogP contribution in [0.2, 0.25) is 0 Å². The Morgan fingerprint density at radius 2 is 1.76 bits per heavy atom. The van der Waals surface area contributed by atoms with E-state index in [1.807, 2.05) is 71.6 Å². The summed E-state index contributed by atoms with van der Waals surface area (Å²) in [6.07, 6.45) is 2.27. The van der Waals surface area contributed by atoms with Gasteiger partial charge in [-0.3, -0.25) is 4.79 Å². The largest absolute Gasteiger partial charge is 0.399 e. The highest BCUT2D eigenvalue weighted by molar-refractivity contribution is 6.00. The maximum Gasteiger partial charge on any atom is 0.254 e. The zero-order valence-electron chi connectivity index (χ0n) is 18.6. The smallest absolute Gasteiger partial charge is 0.254 e. The van der Waals surface area contributed by atoms with Crippen LogP contribution in [0, 0.1) is 0 Å². The fraction of sp³-hybridized carbons (Fsp3) is 0.222. The summed E-state index contributed by atoms with van der Waals surface area (Å²) in [5.74, 6) is 0.957. The maximum absolute atomic E-state index is 13.4. The summed E-state index contributed by atoms with van der Waals surface area (Å²) in [6.45, 7) is 0.484. The average molecular weight is 439 g/mol. The fourth-order valence-corrected chi connectivity index (χ4v) is 4.49. The fourth-order valence-electron chi connectivity index (χ4n) is 4.49. The van der Waals surface area contributed by atoms with Crippen LogP contribution in [0.4, 0.5) is 0 Å². The molecule has 1 aliphatic rings. The van der Waals surface area contributed by atoms with Gasteiger partial charge in [0.05, 0.1) is 23.3 Å². The van der Waals surface area contributed by atoms with Crippen molar-refractivity contribution in [3.63, 3.8) is 0 Å². The van der Waals surface area contributed by atoms with Crippen LogP contribution in [-0.4, -0.2) is 46.2 Å². The van der Waals surface area contributed by atoms with E-state index in [1.54, 1.807) is 7.11 Å². The lowest BCUT2D eigenvalue weighted by Gasteiger charge is -2.24. The third kappa shape index (κ3) is 4.51. The SMILES string of the molecule is CO/N=C1\CC(CCc2nc3ccccc3[nH]2)N(C(=O)c2ccc(-c3ccccc3)cc2)C1. The molecular formula is C27H26N4O2. The number of hydrogen-bond donors (Lipinski definition) is 1. The number of carbonyl (C=O) groups is 1. The molecule has 0 saturated carbocycles. The maximum atomic E-state index is 13.4. The molecule has 6 heteroatoms. The highest BCUT2D eigenvalue weighted by atomic mass is 16.6. The molecule has 1 aliphatic heterocycles. The number of rotatable bonds is 6. The van der Waals surface area contributed by atoms with Gasteiger partial charge in [-0.05, 0) is 41.8 Å². The Kier molecular flexibility index (Phi) is 5.89. The molecule has 0 aliphatic carbocycles. The van der Waals surface area contributed by atoms with E-state index in [4.69, 9.17) is 4.84 Å². The molecule has 1 N–H and O–H groups in total. The van der Waals surface area contributed by atoms with Crippen LogP contribution in [0.15, 0.2) is 84.0 Å². The number of fused-ring (bicyclic) bond motifs is 1. The summed E-state index contributed by atoms with van der Waals surface area (Å²) in [7, 11) is 1.54. The Morgan fingerprint density at radius 1 is 1.03 bits per heavy atom. The minimum absolute atomic E-state index is 0.0190. The van der Waals surface area contributed by atoms with Gasteiger partial charge < -0.3 is 14.7 Å². The van der Waals surface area contributed by atoms with Crippen LogP contribution in [-0.2, 0) is 11.3 Å². The summed E-state index contributed by atoms with van der Waals surface area (Å²) in [4.78, 5) is 28.4. The molecule has 4 aromatic rings. The molecule has 0 spiro atoms. The van der Waals surface area contributed by atoms with E-state index in [1.165, 1.54) is 0 Å². The van der Waals surface area contributed by atoms with Crippen molar-refractivity contribution in [3.05, 3.63) is 90.3 Å². The van der Waals surface area contributed by atoms with Crippen molar-refractivity contribution >= 4 is 22.7 Å². The Morgan fingerprint density at radius 3 is 2.52 bits per heavy atom. The van der Waals surface area contributed by atoms with Crippen LogP contribution in [0.1, 0.15) is 29.0 Å². The van der Waals surface area contributed by atoms with E-state index in [9.17, 15) is 4.79 Å². The van der Waals surface area contributed by atoms with Gasteiger partial charge in [0.1, 0.15) is 12.9 Å². The first-order chi connectivity index (χ1) is 16.2. The van der Waals surface area contributed by atoms with E-state index in [0.29, 0.717) is 18.5 Å². The molecule has 0 radical (unpaired) electrons. The second-order valence-corrected chi connectivity index (χ2v) is 8.31. The molecule has 1 unspecified atom stereocenters. The molecule has 0 bridgehead atoms. The Balaban J connectivity index is 1.32. The van der Waals surface area contributed by atoms with Crippen molar-refractivity contribution in [2.45, 2.75) is 25.3 Å². The highest BCUT2D eigenvalue weighted by Crippen LogP contribution is 2.25. The predicted molar refractivity (Wildman–Crippen MR) is 130 cm³/mol. The lowest BCUT2D eigenvalue weighted by Crippen LogP contribution is -2.36. The zero-order chi connectivity index (χ0) is 22.6. The van der Waals surface area contributed by atoms with Crippen molar-refractivity contribution in [1.29, 1.82) is 0 Å². The van der Waals surface area contributed by atoms with E-state index >= 15 is 0 Å². The van der Waals surface area contributed by atoms with E-state index in [2.05, 4.69) is 27.3 Å². The Hall–Kier alpha value is -3.93. The Bertz CT molecular complexity index is 1250. The summed E-state index contributed by atoms with van der Waals surface area (Å²) >= 11 is 0. The lowest BCUT2D eigenvalue weighted by molar-refractivity contribution is 0.0734. The predicted octanol–water partition coefficient (Wildman–Crippen LogP) is 5.08. The van der Waals surface area contributed by atoms with Crippen LogP contribution < -0.4 is 0 Å². The van der Waals surface area contributed by atoms with Crippen LogP contribution in [0.3, 0.4) is 0 Å². The van der Waals surface area contributed by atoms with Gasteiger partial charge in [0, 0.05) is 24.4 Å². The number of aromatic nitrogens is 2. The van der Waals surface area contributed by atoms with E-state index in [0.717, 1.165) is 46.5 Å². The number of aromatic amines is 1. The number of oxime groups is 1. The van der Waals surface area contributed by atoms with Crippen LogP contribution in [0.5, 0.6) is 0 Å². The third-order valence-electron chi connectivity index (χ3n) is 6.14. The van der Waals surface area contributed by atoms with Crippen molar-refractivity contribution in [2.75, 3.05) is 13.7 Å². The number of aryl methyl sites for hydroxylation is 1. The first-order valence-electron chi connectivity index (χ1n) is 11.2. The van der Waals surface area contributed by atoms with Gasteiger partial charge in [0.25, 0.3) is 5.91 Å². The third-order valence-corrected chi connectivity index (χ3v) is 6.14. The number of carbonyl (C=O) groups excluding carboxylic acids is 1. The lowest BCUT2D eigenvalue weighted by atomic mass is 10.0. The summed E-state index contributed by atoms with van der Waals surface area (Å²) in [5, 5.41) is 4.14. The molecule has 166 valence electrons. The molecule has 1 fully saturated rings. The van der Waals surface area contributed by atoms with Crippen molar-refractivity contribution in [2.24, 2.45) is 5.16 Å². The number of imidazole rings is 1. The molecule has 1 saturated heterocycles. The van der Waals surface area contributed by atoms with Gasteiger partial charge in [-0.15, -0.1) is 0 Å². The molecular weight excluding hydrogens is 412 g/mol. The number of benzene rings is 3. The van der Waals surface area contributed by atoms with Gasteiger partial charge in [-0.25, -0.2) is 4.98 Å². The van der Waals surface area contributed by atoms with E-state index < -0.39 is 0 Å². The van der Waals surface area contributed by atoms with Gasteiger partial charge in [-0.1, -0.05) is 59.8 Å². The van der Waals surface area contributed by atoms with Crippen molar-refractivity contribution < 1.29 is 9.63 Å². The van der Waals surface area contributed by atoms with Gasteiger partial charge in [-0.2, -0.15) is 0 Å². The van der Waals surface area contributed by atoms with Crippen molar-refractivity contribution in [1.82, 2.24) is 14.9 Å². The Labute approximate surface area is 192 Å². The molecule has 33 heavy (non-hydrogen) atoms.